The quantitative estimate of drug-likeness (QED) is 0.776. The SMILES string of the molecule is COc1ccc(OC)c([C@H]2CCCN2CC(=O)NC(=O)Nc2ccccc2F)c1. The molecule has 0 spiro atoms. The molecule has 7 nitrogen and oxygen atoms in total. The van der Waals surface area contributed by atoms with Gasteiger partial charge in [-0.05, 0) is 49.7 Å². The van der Waals surface area contributed by atoms with Crippen LogP contribution in [0.25, 0.3) is 0 Å². The number of nitrogens with zero attached hydrogens (tertiary/aromatic N) is 1. The van der Waals surface area contributed by atoms with Gasteiger partial charge in [-0.15, -0.1) is 0 Å². The van der Waals surface area contributed by atoms with E-state index < -0.39 is 17.8 Å². The van der Waals surface area contributed by atoms with Gasteiger partial charge in [-0.2, -0.15) is 0 Å². The predicted molar refractivity (Wildman–Crippen MR) is 107 cm³/mol. The Kier molecular flexibility index (Phi) is 6.66. The molecule has 2 N–H and O–H groups in total. The van der Waals surface area contributed by atoms with Crippen molar-refractivity contribution in [3.8, 4) is 11.5 Å². The highest BCUT2D eigenvalue weighted by atomic mass is 19.1. The maximum atomic E-state index is 13.6. The number of methoxy groups -OCH3 is 2. The number of rotatable bonds is 6. The number of carbonyl (C=O) groups excluding carboxylic acids is 2. The van der Waals surface area contributed by atoms with Gasteiger partial charge in [0, 0.05) is 11.6 Å². The second-order valence-electron chi connectivity index (χ2n) is 6.72. The number of hydrogen-bond acceptors (Lipinski definition) is 5. The third-order valence-corrected chi connectivity index (χ3v) is 4.88. The van der Waals surface area contributed by atoms with Gasteiger partial charge in [-0.25, -0.2) is 9.18 Å². The van der Waals surface area contributed by atoms with E-state index in [9.17, 15) is 14.0 Å². The molecule has 0 saturated carbocycles. The normalized spacial score (nSPS) is 16.3. The van der Waals surface area contributed by atoms with E-state index in [2.05, 4.69) is 10.6 Å². The van der Waals surface area contributed by atoms with E-state index in [-0.39, 0.29) is 18.3 Å². The second-order valence-corrected chi connectivity index (χ2v) is 6.72. The topological polar surface area (TPSA) is 79.9 Å². The van der Waals surface area contributed by atoms with Crippen molar-refractivity contribution in [1.29, 1.82) is 0 Å². The molecule has 0 unspecified atom stereocenters. The number of para-hydroxylation sites is 1. The minimum atomic E-state index is -0.769. The molecule has 0 aliphatic carbocycles. The summed E-state index contributed by atoms with van der Waals surface area (Å²) in [6, 6.07) is 10.5. The zero-order chi connectivity index (χ0) is 20.8. The highest BCUT2D eigenvalue weighted by Crippen LogP contribution is 2.38. The Hall–Kier alpha value is -3.13. The zero-order valence-corrected chi connectivity index (χ0v) is 16.4. The maximum Gasteiger partial charge on any atom is 0.326 e. The van der Waals surface area contributed by atoms with Crippen LogP contribution < -0.4 is 20.1 Å². The number of likely N-dealkylation sites (tertiary alicyclic amines) is 1. The Morgan fingerprint density at radius 1 is 1.17 bits per heavy atom. The van der Waals surface area contributed by atoms with Crippen LogP contribution in [0.3, 0.4) is 0 Å². The fraction of sp³-hybridized carbons (Fsp3) is 0.333. The lowest BCUT2D eigenvalue weighted by Gasteiger charge is -2.25. The summed E-state index contributed by atoms with van der Waals surface area (Å²) in [4.78, 5) is 26.4. The van der Waals surface area contributed by atoms with Gasteiger partial charge in [0.1, 0.15) is 17.3 Å². The molecule has 1 fully saturated rings. The average molecular weight is 401 g/mol. The van der Waals surface area contributed by atoms with Crippen LogP contribution in [0.15, 0.2) is 42.5 Å². The molecule has 1 atom stereocenters. The van der Waals surface area contributed by atoms with Gasteiger partial charge in [-0.1, -0.05) is 12.1 Å². The Labute approximate surface area is 168 Å². The monoisotopic (exact) mass is 401 g/mol. The maximum absolute atomic E-state index is 13.6. The van der Waals surface area contributed by atoms with Crippen LogP contribution in [0, 0.1) is 5.82 Å². The van der Waals surface area contributed by atoms with Crippen LogP contribution >= 0.6 is 0 Å². The highest BCUT2D eigenvalue weighted by Gasteiger charge is 2.30. The first-order chi connectivity index (χ1) is 14.0. The molecule has 154 valence electrons. The molecule has 3 rings (SSSR count). The number of ether oxygens (including phenoxy) is 2. The summed E-state index contributed by atoms with van der Waals surface area (Å²) in [7, 11) is 3.20. The predicted octanol–water partition coefficient (Wildman–Crippen LogP) is 3.33. The summed E-state index contributed by atoms with van der Waals surface area (Å²) in [6.07, 6.45) is 1.78. The molecule has 3 amide bonds. The molecule has 2 aromatic carbocycles. The van der Waals surface area contributed by atoms with Gasteiger partial charge in [-0.3, -0.25) is 15.0 Å². The lowest BCUT2D eigenvalue weighted by atomic mass is 10.0. The highest BCUT2D eigenvalue weighted by molar-refractivity contribution is 6.01. The van der Waals surface area contributed by atoms with Crippen LogP contribution in [0.5, 0.6) is 11.5 Å². The first kappa shape index (κ1) is 20.6. The lowest BCUT2D eigenvalue weighted by molar-refractivity contribution is -0.121. The number of imide groups is 1. The minimum Gasteiger partial charge on any atom is -0.497 e. The van der Waals surface area contributed by atoms with Crippen molar-refractivity contribution in [3.63, 3.8) is 0 Å². The second kappa shape index (κ2) is 9.38. The largest absolute Gasteiger partial charge is 0.497 e. The Balaban J connectivity index is 1.64. The molecule has 0 aromatic heterocycles. The summed E-state index contributed by atoms with van der Waals surface area (Å²) in [5.74, 6) is 0.397. The number of anilines is 1. The smallest absolute Gasteiger partial charge is 0.326 e. The van der Waals surface area contributed by atoms with Gasteiger partial charge < -0.3 is 14.8 Å². The van der Waals surface area contributed by atoms with Gasteiger partial charge in [0.15, 0.2) is 0 Å². The molecule has 8 heteroatoms. The molecular weight excluding hydrogens is 377 g/mol. The molecule has 2 aromatic rings. The fourth-order valence-electron chi connectivity index (χ4n) is 3.53. The summed E-state index contributed by atoms with van der Waals surface area (Å²) < 4.78 is 24.4. The van der Waals surface area contributed by atoms with Crippen molar-refractivity contribution >= 4 is 17.6 Å². The van der Waals surface area contributed by atoms with E-state index >= 15 is 0 Å². The molecule has 1 saturated heterocycles. The molecule has 1 heterocycles. The summed E-state index contributed by atoms with van der Waals surface area (Å²) in [5.41, 5.74) is 0.950. The molecule has 0 radical (unpaired) electrons. The van der Waals surface area contributed by atoms with Crippen molar-refractivity contribution in [3.05, 3.63) is 53.8 Å². The van der Waals surface area contributed by atoms with Crippen LogP contribution in [-0.4, -0.2) is 44.1 Å². The number of urea groups is 1. The number of hydrogen-bond donors (Lipinski definition) is 2. The first-order valence-corrected chi connectivity index (χ1v) is 9.33. The van der Waals surface area contributed by atoms with Gasteiger partial charge in [0.25, 0.3) is 0 Å². The third kappa shape index (κ3) is 5.03. The number of benzene rings is 2. The number of carbonyl (C=O) groups is 2. The van der Waals surface area contributed by atoms with Crippen molar-refractivity contribution in [1.82, 2.24) is 10.2 Å². The van der Waals surface area contributed by atoms with E-state index in [0.29, 0.717) is 12.3 Å². The van der Waals surface area contributed by atoms with E-state index in [1.165, 1.54) is 18.2 Å². The van der Waals surface area contributed by atoms with E-state index in [1.807, 2.05) is 23.1 Å². The van der Waals surface area contributed by atoms with Crippen LogP contribution in [-0.2, 0) is 4.79 Å². The van der Waals surface area contributed by atoms with Crippen molar-refractivity contribution in [2.24, 2.45) is 0 Å². The minimum absolute atomic E-state index is 0.0120. The Morgan fingerprint density at radius 2 is 1.97 bits per heavy atom. The van der Waals surface area contributed by atoms with Gasteiger partial charge in [0.2, 0.25) is 5.91 Å². The van der Waals surface area contributed by atoms with Crippen molar-refractivity contribution in [2.75, 3.05) is 32.6 Å². The first-order valence-electron chi connectivity index (χ1n) is 9.33. The van der Waals surface area contributed by atoms with E-state index in [4.69, 9.17) is 9.47 Å². The third-order valence-electron chi connectivity index (χ3n) is 4.88. The summed E-state index contributed by atoms with van der Waals surface area (Å²) >= 11 is 0. The van der Waals surface area contributed by atoms with Crippen molar-refractivity contribution in [2.45, 2.75) is 18.9 Å². The van der Waals surface area contributed by atoms with E-state index in [0.717, 1.165) is 24.2 Å². The van der Waals surface area contributed by atoms with Gasteiger partial charge in [0.05, 0.1) is 26.5 Å². The molecule has 1 aliphatic rings. The standard InChI is InChI=1S/C21H24FN3O4/c1-28-14-9-10-19(29-2)15(12-14)18-8-5-11-25(18)13-20(26)24-21(27)23-17-7-4-3-6-16(17)22/h3-4,6-7,9-10,12,18H,5,8,11,13H2,1-2H3,(H2,23,24,26,27)/t18-/m1/s1. The van der Waals surface area contributed by atoms with Crippen LogP contribution in [0.4, 0.5) is 14.9 Å². The van der Waals surface area contributed by atoms with Crippen LogP contribution in [0.1, 0.15) is 24.4 Å². The van der Waals surface area contributed by atoms with Crippen molar-refractivity contribution < 1.29 is 23.5 Å². The van der Waals surface area contributed by atoms with E-state index in [1.54, 1.807) is 20.3 Å². The average Bonchev–Trinajstić information content (AvgIpc) is 3.16. The molecule has 29 heavy (non-hydrogen) atoms. The number of nitrogens with one attached hydrogen (secondary N) is 2. The molecular formula is C21H24FN3O4. The lowest BCUT2D eigenvalue weighted by Crippen LogP contribution is -2.41. The molecule has 1 aliphatic heterocycles. The Morgan fingerprint density at radius 3 is 2.69 bits per heavy atom. The van der Waals surface area contributed by atoms with Gasteiger partial charge >= 0.3 is 6.03 Å². The summed E-state index contributed by atoms with van der Waals surface area (Å²) in [5, 5.41) is 4.59. The fourth-order valence-corrected chi connectivity index (χ4v) is 3.53. The van der Waals surface area contributed by atoms with Crippen LogP contribution in [0.2, 0.25) is 0 Å². The number of halogens is 1. The summed E-state index contributed by atoms with van der Waals surface area (Å²) in [6.45, 7) is 0.753. The molecule has 0 bridgehead atoms. The number of amides is 3. The zero-order valence-electron chi connectivity index (χ0n) is 16.4. The Bertz CT molecular complexity index is 890.